The third kappa shape index (κ3) is 2.07. The minimum atomic E-state index is -0.149. The van der Waals surface area contributed by atoms with Gasteiger partial charge in [-0.1, -0.05) is 6.08 Å². The number of hydrogen-bond acceptors (Lipinski definition) is 4. The largest absolute Gasteiger partial charge is 0.511 e. The van der Waals surface area contributed by atoms with Crippen LogP contribution in [-0.4, -0.2) is 33.9 Å². The van der Waals surface area contributed by atoms with E-state index in [4.69, 9.17) is 4.74 Å². The van der Waals surface area contributed by atoms with Gasteiger partial charge in [-0.2, -0.15) is 5.10 Å². The van der Waals surface area contributed by atoms with Crippen molar-refractivity contribution in [3.05, 3.63) is 53.8 Å². The molecule has 0 saturated carbocycles. The maximum absolute atomic E-state index is 10.1. The molecule has 1 N–H and O–H groups in total. The molecule has 98 valence electrons. The normalized spacial score (nSPS) is 25.3. The van der Waals surface area contributed by atoms with Crippen LogP contribution in [0.15, 0.2) is 53.1 Å². The SMILES string of the molecule is COC1=CC2N=C(n3ccc(C)n3)C=C(O)C2C=C1. The van der Waals surface area contributed by atoms with Gasteiger partial charge in [0, 0.05) is 12.3 Å². The van der Waals surface area contributed by atoms with E-state index in [2.05, 4.69) is 10.1 Å². The van der Waals surface area contributed by atoms with E-state index in [1.54, 1.807) is 17.9 Å². The lowest BCUT2D eigenvalue weighted by atomic mass is 9.91. The molecule has 5 heteroatoms. The van der Waals surface area contributed by atoms with Crippen molar-refractivity contribution in [2.24, 2.45) is 10.9 Å². The summed E-state index contributed by atoms with van der Waals surface area (Å²) in [4.78, 5) is 4.61. The van der Waals surface area contributed by atoms with Crippen LogP contribution in [0.3, 0.4) is 0 Å². The summed E-state index contributed by atoms with van der Waals surface area (Å²) in [7, 11) is 1.62. The molecule has 0 aromatic carbocycles. The van der Waals surface area contributed by atoms with E-state index in [0.717, 1.165) is 11.5 Å². The molecule has 0 fully saturated rings. The van der Waals surface area contributed by atoms with Crippen LogP contribution < -0.4 is 0 Å². The summed E-state index contributed by atoms with van der Waals surface area (Å²) >= 11 is 0. The monoisotopic (exact) mass is 257 g/mol. The Morgan fingerprint density at radius 1 is 1.42 bits per heavy atom. The third-order valence-corrected chi connectivity index (χ3v) is 3.26. The number of dihydropyridines is 1. The summed E-state index contributed by atoms with van der Waals surface area (Å²) in [6.07, 6.45) is 9.15. The van der Waals surface area contributed by atoms with Crippen LogP contribution in [0, 0.1) is 12.8 Å². The van der Waals surface area contributed by atoms with Crippen molar-refractivity contribution in [1.82, 2.24) is 9.78 Å². The first-order valence-corrected chi connectivity index (χ1v) is 6.12. The van der Waals surface area contributed by atoms with Crippen LogP contribution in [0.4, 0.5) is 0 Å². The molecule has 5 nitrogen and oxygen atoms in total. The number of ether oxygens (including phenoxy) is 1. The Morgan fingerprint density at radius 2 is 2.26 bits per heavy atom. The van der Waals surface area contributed by atoms with E-state index in [0.29, 0.717) is 11.6 Å². The lowest BCUT2D eigenvalue weighted by Crippen LogP contribution is -2.28. The minimum Gasteiger partial charge on any atom is -0.511 e. The fraction of sp³-hybridized carbons (Fsp3) is 0.286. The number of rotatable bonds is 1. The number of aromatic nitrogens is 2. The van der Waals surface area contributed by atoms with Crippen molar-refractivity contribution < 1.29 is 9.84 Å². The van der Waals surface area contributed by atoms with Gasteiger partial charge in [-0.3, -0.25) is 4.99 Å². The number of methoxy groups -OCH3 is 1. The molecule has 2 heterocycles. The highest BCUT2D eigenvalue weighted by molar-refractivity contribution is 5.95. The maximum Gasteiger partial charge on any atom is 0.152 e. The van der Waals surface area contributed by atoms with Crippen molar-refractivity contribution in [3.8, 4) is 0 Å². The van der Waals surface area contributed by atoms with E-state index < -0.39 is 0 Å². The van der Waals surface area contributed by atoms with Gasteiger partial charge in [-0.25, -0.2) is 4.68 Å². The Hall–Kier alpha value is -2.30. The summed E-state index contributed by atoms with van der Waals surface area (Å²) in [6, 6.07) is 1.75. The standard InChI is InChI=1S/C14H15N3O2/c1-9-5-6-17(16-9)14-8-13(18)11-4-3-10(19-2)7-12(11)15-14/h3-8,11-12,18H,1-2H3. The molecule has 0 radical (unpaired) electrons. The molecule has 1 aliphatic carbocycles. The zero-order chi connectivity index (χ0) is 13.4. The van der Waals surface area contributed by atoms with Gasteiger partial charge < -0.3 is 9.84 Å². The Morgan fingerprint density at radius 3 is 2.95 bits per heavy atom. The minimum absolute atomic E-state index is 0.112. The van der Waals surface area contributed by atoms with Crippen molar-refractivity contribution in [1.29, 1.82) is 0 Å². The molecular formula is C14H15N3O2. The molecular weight excluding hydrogens is 242 g/mol. The first kappa shape index (κ1) is 11.8. The molecule has 1 aliphatic heterocycles. The van der Waals surface area contributed by atoms with Crippen LogP contribution in [0.25, 0.3) is 0 Å². The molecule has 2 aliphatic rings. The molecule has 0 bridgehead atoms. The van der Waals surface area contributed by atoms with Gasteiger partial charge in [-0.15, -0.1) is 0 Å². The summed E-state index contributed by atoms with van der Waals surface area (Å²) in [5.74, 6) is 1.58. The molecule has 1 aromatic heterocycles. The zero-order valence-electron chi connectivity index (χ0n) is 10.8. The fourth-order valence-corrected chi connectivity index (χ4v) is 2.25. The molecule has 0 saturated heterocycles. The Labute approximate surface area is 111 Å². The molecule has 0 spiro atoms. The van der Waals surface area contributed by atoms with Gasteiger partial charge in [0.15, 0.2) is 5.84 Å². The second-order valence-electron chi connectivity index (χ2n) is 4.61. The topological polar surface area (TPSA) is 59.6 Å². The highest BCUT2D eigenvalue weighted by atomic mass is 16.5. The second-order valence-corrected chi connectivity index (χ2v) is 4.61. The Bertz CT molecular complexity index is 622. The number of hydrogen-bond donors (Lipinski definition) is 1. The van der Waals surface area contributed by atoms with Gasteiger partial charge in [0.1, 0.15) is 11.5 Å². The number of aliphatic hydroxyl groups excluding tert-OH is 1. The van der Waals surface area contributed by atoms with Crippen LogP contribution in [0.5, 0.6) is 0 Å². The number of aliphatic imine (C=N–C) groups is 1. The van der Waals surface area contributed by atoms with Crippen molar-refractivity contribution in [3.63, 3.8) is 0 Å². The van der Waals surface area contributed by atoms with Crippen molar-refractivity contribution in [2.75, 3.05) is 7.11 Å². The summed E-state index contributed by atoms with van der Waals surface area (Å²) in [5, 5.41) is 14.4. The Balaban J connectivity index is 1.98. The Kier molecular flexibility index (Phi) is 2.74. The van der Waals surface area contributed by atoms with Crippen molar-refractivity contribution >= 4 is 5.84 Å². The van der Waals surface area contributed by atoms with Crippen LogP contribution >= 0.6 is 0 Å². The van der Waals surface area contributed by atoms with Gasteiger partial charge in [0.2, 0.25) is 0 Å². The van der Waals surface area contributed by atoms with Crippen LogP contribution in [0.2, 0.25) is 0 Å². The van der Waals surface area contributed by atoms with E-state index in [1.807, 2.05) is 37.4 Å². The molecule has 1 aromatic rings. The number of allylic oxidation sites excluding steroid dienone is 2. The van der Waals surface area contributed by atoms with E-state index in [9.17, 15) is 5.11 Å². The van der Waals surface area contributed by atoms with Crippen LogP contribution in [-0.2, 0) is 4.74 Å². The molecule has 19 heavy (non-hydrogen) atoms. The zero-order valence-corrected chi connectivity index (χ0v) is 10.8. The molecule has 2 unspecified atom stereocenters. The third-order valence-electron chi connectivity index (χ3n) is 3.26. The summed E-state index contributed by atoms with van der Waals surface area (Å²) in [6.45, 7) is 1.92. The predicted molar refractivity (Wildman–Crippen MR) is 72.0 cm³/mol. The van der Waals surface area contributed by atoms with Gasteiger partial charge in [0.25, 0.3) is 0 Å². The molecule has 0 amide bonds. The molecule has 3 rings (SSSR count). The smallest absolute Gasteiger partial charge is 0.152 e. The highest BCUT2D eigenvalue weighted by Crippen LogP contribution is 2.28. The first-order valence-electron chi connectivity index (χ1n) is 6.12. The summed E-state index contributed by atoms with van der Waals surface area (Å²) < 4.78 is 6.87. The predicted octanol–water partition coefficient (Wildman–Crippen LogP) is 1.98. The molecule has 2 atom stereocenters. The van der Waals surface area contributed by atoms with Gasteiger partial charge in [-0.05, 0) is 25.1 Å². The van der Waals surface area contributed by atoms with E-state index >= 15 is 0 Å². The average Bonchev–Trinajstić information content (AvgIpc) is 2.84. The van der Waals surface area contributed by atoms with E-state index in [1.165, 1.54) is 0 Å². The summed E-state index contributed by atoms with van der Waals surface area (Å²) in [5.41, 5.74) is 0.911. The van der Waals surface area contributed by atoms with Crippen molar-refractivity contribution in [2.45, 2.75) is 13.0 Å². The van der Waals surface area contributed by atoms with E-state index in [-0.39, 0.29) is 12.0 Å². The fourth-order valence-electron chi connectivity index (χ4n) is 2.25. The van der Waals surface area contributed by atoms with Crippen LogP contribution in [0.1, 0.15) is 5.69 Å². The quantitative estimate of drug-likeness (QED) is 0.836. The number of fused-ring (bicyclic) bond motifs is 1. The maximum atomic E-state index is 10.1. The van der Waals surface area contributed by atoms with Gasteiger partial charge >= 0.3 is 0 Å². The number of aliphatic hydroxyl groups is 1. The highest BCUT2D eigenvalue weighted by Gasteiger charge is 2.28. The lowest BCUT2D eigenvalue weighted by Gasteiger charge is -2.26. The number of aryl methyl sites for hydroxylation is 1. The lowest BCUT2D eigenvalue weighted by molar-refractivity contribution is 0.292. The first-order chi connectivity index (χ1) is 9.17. The second kappa shape index (κ2) is 4.42. The average molecular weight is 257 g/mol. The van der Waals surface area contributed by atoms with Gasteiger partial charge in [0.05, 0.1) is 24.8 Å². The number of nitrogens with zero attached hydrogens (tertiary/aromatic N) is 3.